The number of likely N-dealkylation sites (tertiary alicyclic amines) is 1. The number of esters is 1. The van der Waals surface area contributed by atoms with Crippen LogP contribution in [0.3, 0.4) is 0 Å². The van der Waals surface area contributed by atoms with Crippen molar-refractivity contribution in [2.75, 3.05) is 19.7 Å². The van der Waals surface area contributed by atoms with Crippen molar-refractivity contribution < 1.29 is 23.9 Å². The average molecular weight is 388 g/mol. The number of nitrogens with one attached hydrogen (secondary N) is 1. The Kier molecular flexibility index (Phi) is 6.18. The van der Waals surface area contributed by atoms with Crippen LogP contribution >= 0.6 is 11.3 Å². The third-order valence-corrected chi connectivity index (χ3v) is 5.26. The lowest BCUT2D eigenvalue weighted by atomic mass is 10.2. The fourth-order valence-electron chi connectivity index (χ4n) is 2.85. The molecule has 142 valence electrons. The number of ether oxygens (including phenoxy) is 1. The van der Waals surface area contributed by atoms with Gasteiger partial charge in [-0.05, 0) is 30.4 Å². The number of aromatic amines is 1. The van der Waals surface area contributed by atoms with Gasteiger partial charge in [0.1, 0.15) is 5.69 Å². The molecule has 1 aliphatic rings. The van der Waals surface area contributed by atoms with E-state index in [0.717, 1.165) is 25.9 Å². The zero-order valence-electron chi connectivity index (χ0n) is 14.7. The van der Waals surface area contributed by atoms with E-state index in [1.54, 1.807) is 22.4 Å². The molecule has 8 heteroatoms. The Balaban J connectivity index is 1.44. The van der Waals surface area contributed by atoms with Crippen molar-refractivity contribution in [2.24, 2.45) is 0 Å². The van der Waals surface area contributed by atoms with Gasteiger partial charge >= 0.3 is 5.97 Å². The molecule has 2 aromatic rings. The van der Waals surface area contributed by atoms with E-state index in [4.69, 9.17) is 4.74 Å². The largest absolute Gasteiger partial charge is 0.457 e. The van der Waals surface area contributed by atoms with Crippen molar-refractivity contribution in [3.63, 3.8) is 0 Å². The number of ketones is 2. The van der Waals surface area contributed by atoms with Crippen LogP contribution in [0.4, 0.5) is 0 Å². The second-order valence-corrected chi connectivity index (χ2v) is 7.23. The molecule has 2 aromatic heterocycles. The van der Waals surface area contributed by atoms with Crippen LogP contribution in [0.1, 0.15) is 56.2 Å². The summed E-state index contributed by atoms with van der Waals surface area (Å²) in [6, 6.07) is 4.96. The van der Waals surface area contributed by atoms with E-state index in [1.807, 2.05) is 0 Å². The Morgan fingerprint density at radius 3 is 2.59 bits per heavy atom. The Bertz CT molecular complexity index is 834. The molecular formula is C19H20N2O5S. The van der Waals surface area contributed by atoms with Crippen molar-refractivity contribution in [3.8, 4) is 0 Å². The monoisotopic (exact) mass is 388 g/mol. The number of nitrogens with zero attached hydrogens (tertiary/aromatic N) is 1. The molecule has 1 fully saturated rings. The molecule has 1 saturated heterocycles. The molecule has 27 heavy (non-hydrogen) atoms. The van der Waals surface area contributed by atoms with Gasteiger partial charge in [-0.3, -0.25) is 19.2 Å². The molecule has 1 N–H and O–H groups in total. The normalized spacial score (nSPS) is 13.6. The first-order valence-corrected chi connectivity index (χ1v) is 9.66. The quantitative estimate of drug-likeness (QED) is 0.554. The van der Waals surface area contributed by atoms with Gasteiger partial charge in [0.25, 0.3) is 5.91 Å². The molecule has 0 aliphatic carbocycles. The van der Waals surface area contributed by atoms with Gasteiger partial charge in [0.2, 0.25) is 5.78 Å². The van der Waals surface area contributed by atoms with Crippen molar-refractivity contribution in [1.82, 2.24) is 9.88 Å². The number of hydrogen-bond donors (Lipinski definition) is 1. The van der Waals surface area contributed by atoms with Crippen LogP contribution in [0, 0.1) is 0 Å². The molecule has 0 unspecified atom stereocenters. The molecule has 3 heterocycles. The van der Waals surface area contributed by atoms with Gasteiger partial charge in [-0.15, -0.1) is 11.3 Å². The number of rotatable bonds is 8. The maximum absolute atomic E-state index is 12.3. The van der Waals surface area contributed by atoms with Gasteiger partial charge in [-0.1, -0.05) is 6.07 Å². The van der Waals surface area contributed by atoms with Gasteiger partial charge in [-0.2, -0.15) is 0 Å². The Morgan fingerprint density at radius 2 is 1.89 bits per heavy atom. The Labute approximate surface area is 160 Å². The van der Waals surface area contributed by atoms with Crippen LogP contribution in [0.5, 0.6) is 0 Å². The van der Waals surface area contributed by atoms with Gasteiger partial charge in [0, 0.05) is 31.3 Å². The SMILES string of the molecule is O=C(CCC(=O)c1cccs1)OCC(=O)c1c[nH]c(C(=O)N2CCCC2)c1. The highest BCUT2D eigenvalue weighted by molar-refractivity contribution is 7.12. The summed E-state index contributed by atoms with van der Waals surface area (Å²) < 4.78 is 4.95. The highest BCUT2D eigenvalue weighted by Crippen LogP contribution is 2.14. The summed E-state index contributed by atoms with van der Waals surface area (Å²) >= 11 is 1.32. The van der Waals surface area contributed by atoms with Crippen LogP contribution in [0.15, 0.2) is 29.8 Å². The van der Waals surface area contributed by atoms with Crippen molar-refractivity contribution >= 4 is 34.8 Å². The molecule has 0 radical (unpaired) electrons. The van der Waals surface area contributed by atoms with Crippen LogP contribution in [0.25, 0.3) is 0 Å². The Morgan fingerprint density at radius 1 is 1.11 bits per heavy atom. The first-order valence-electron chi connectivity index (χ1n) is 8.78. The predicted molar refractivity (Wildman–Crippen MR) is 99.1 cm³/mol. The van der Waals surface area contributed by atoms with Crippen molar-refractivity contribution in [1.29, 1.82) is 0 Å². The summed E-state index contributed by atoms with van der Waals surface area (Å²) in [6.45, 7) is 1.03. The molecular weight excluding hydrogens is 368 g/mol. The second kappa shape index (κ2) is 8.77. The average Bonchev–Trinajstić information content (AvgIpc) is 3.44. The number of H-pyrrole nitrogens is 1. The van der Waals surface area contributed by atoms with E-state index in [0.29, 0.717) is 16.1 Å². The van der Waals surface area contributed by atoms with Crippen LogP contribution in [-0.4, -0.2) is 53.0 Å². The van der Waals surface area contributed by atoms with E-state index in [9.17, 15) is 19.2 Å². The van der Waals surface area contributed by atoms with E-state index >= 15 is 0 Å². The minimum absolute atomic E-state index is 0.0478. The highest BCUT2D eigenvalue weighted by Gasteiger charge is 2.22. The van der Waals surface area contributed by atoms with Crippen LogP contribution < -0.4 is 0 Å². The number of hydrogen-bond acceptors (Lipinski definition) is 6. The standard InChI is InChI=1S/C19H20N2O5S/c22-15(17-4-3-9-27-17)5-6-18(24)26-12-16(23)13-10-14(20-11-13)19(25)21-7-1-2-8-21/h3-4,9-11,20H,1-2,5-8,12H2. The van der Waals surface area contributed by atoms with E-state index < -0.39 is 18.4 Å². The van der Waals surface area contributed by atoms with Gasteiger partial charge in [-0.25, -0.2) is 0 Å². The third kappa shape index (κ3) is 4.91. The van der Waals surface area contributed by atoms with Gasteiger partial charge < -0.3 is 14.6 Å². The van der Waals surface area contributed by atoms with Gasteiger partial charge in [0.15, 0.2) is 12.4 Å². The Hall–Kier alpha value is -2.74. The molecule has 0 saturated carbocycles. The highest BCUT2D eigenvalue weighted by atomic mass is 32.1. The maximum atomic E-state index is 12.3. The van der Waals surface area contributed by atoms with Crippen LogP contribution in [0.2, 0.25) is 0 Å². The summed E-state index contributed by atoms with van der Waals surface area (Å²) in [4.78, 5) is 53.1. The lowest BCUT2D eigenvalue weighted by Gasteiger charge is -2.13. The van der Waals surface area contributed by atoms with E-state index in [2.05, 4.69) is 4.98 Å². The lowest BCUT2D eigenvalue weighted by molar-refractivity contribution is -0.142. The number of carbonyl (C=O) groups is 4. The third-order valence-electron chi connectivity index (χ3n) is 4.35. The predicted octanol–water partition coefficient (Wildman–Crippen LogP) is 2.70. The fourth-order valence-corrected chi connectivity index (χ4v) is 3.54. The second-order valence-electron chi connectivity index (χ2n) is 6.29. The summed E-state index contributed by atoms with van der Waals surface area (Å²) in [5.41, 5.74) is 0.646. The van der Waals surface area contributed by atoms with E-state index in [-0.39, 0.29) is 24.5 Å². The topological polar surface area (TPSA) is 96.5 Å². The summed E-state index contributed by atoms with van der Waals surface area (Å²) in [6.07, 6.45) is 3.40. The number of aromatic nitrogens is 1. The minimum Gasteiger partial charge on any atom is -0.457 e. The number of Topliss-reactive ketones (excluding diaryl/α,β-unsaturated/α-hetero) is 2. The maximum Gasteiger partial charge on any atom is 0.306 e. The van der Waals surface area contributed by atoms with E-state index in [1.165, 1.54) is 23.6 Å². The zero-order chi connectivity index (χ0) is 19.2. The molecule has 0 atom stereocenters. The van der Waals surface area contributed by atoms with Crippen molar-refractivity contribution in [2.45, 2.75) is 25.7 Å². The minimum atomic E-state index is -0.600. The molecule has 7 nitrogen and oxygen atoms in total. The fraction of sp³-hybridized carbons (Fsp3) is 0.368. The van der Waals surface area contributed by atoms with Crippen molar-refractivity contribution in [3.05, 3.63) is 45.9 Å². The van der Waals surface area contributed by atoms with Crippen LogP contribution in [-0.2, 0) is 9.53 Å². The molecule has 1 aliphatic heterocycles. The molecule has 0 aromatic carbocycles. The summed E-state index contributed by atoms with van der Waals surface area (Å²) in [7, 11) is 0. The number of carbonyl (C=O) groups excluding carboxylic acids is 4. The molecule has 0 bridgehead atoms. The molecule has 3 rings (SSSR count). The first-order chi connectivity index (χ1) is 13.0. The lowest BCUT2D eigenvalue weighted by Crippen LogP contribution is -2.27. The number of amides is 1. The molecule has 0 spiro atoms. The van der Waals surface area contributed by atoms with Gasteiger partial charge in [0.05, 0.1) is 11.3 Å². The zero-order valence-corrected chi connectivity index (χ0v) is 15.5. The summed E-state index contributed by atoms with van der Waals surface area (Å²) in [5, 5.41) is 1.80. The first kappa shape index (κ1) is 19.0. The smallest absolute Gasteiger partial charge is 0.306 e. The molecule has 1 amide bonds. The number of thiophene rings is 1. The summed E-state index contributed by atoms with van der Waals surface area (Å²) in [5.74, 6) is -1.25.